The second-order valence-electron chi connectivity index (χ2n) is 9.89. The summed E-state index contributed by atoms with van der Waals surface area (Å²) >= 11 is 0. The molecule has 1 aliphatic rings. The number of esters is 3. The molecule has 1 aromatic heterocycles. The molecule has 41 heavy (non-hydrogen) atoms. The lowest BCUT2D eigenvalue weighted by molar-refractivity contribution is -0.165. The Hall–Kier alpha value is -4.44. The van der Waals surface area contributed by atoms with E-state index in [-0.39, 0.29) is 6.61 Å². The van der Waals surface area contributed by atoms with E-state index >= 15 is 0 Å². The van der Waals surface area contributed by atoms with Crippen molar-refractivity contribution in [1.82, 2.24) is 0 Å². The standard InChI is InChI=1S/C31H30O10/c1-6-18-7-8-19-20-9-10-21-24(36-5)12-11-22(26(21)27(20)41-31(35)23(19)13-18)28-30(39-17(4)34)29(38-16(3)33)25(40-28)14-37-15(2)32/h7-13,25,28-30H,6,14H2,1-5H3/t25-,28+,29-,30+/m1/s1. The number of ether oxygens (including phenoxy) is 5. The average molecular weight is 563 g/mol. The van der Waals surface area contributed by atoms with Crippen LogP contribution in [0.4, 0.5) is 0 Å². The Kier molecular flexibility index (Phi) is 7.68. The van der Waals surface area contributed by atoms with Gasteiger partial charge in [-0.2, -0.15) is 0 Å². The molecule has 0 spiro atoms. The first-order valence-electron chi connectivity index (χ1n) is 13.2. The van der Waals surface area contributed by atoms with Crippen LogP contribution in [0.2, 0.25) is 0 Å². The fraction of sp³-hybridized carbons (Fsp3) is 0.355. The summed E-state index contributed by atoms with van der Waals surface area (Å²) in [5.41, 5.74) is 1.31. The van der Waals surface area contributed by atoms with Gasteiger partial charge in [-0.15, -0.1) is 0 Å². The van der Waals surface area contributed by atoms with Gasteiger partial charge in [0.15, 0.2) is 12.2 Å². The molecule has 1 saturated heterocycles. The highest BCUT2D eigenvalue weighted by Gasteiger charge is 2.50. The van der Waals surface area contributed by atoms with Gasteiger partial charge in [0.1, 0.15) is 30.1 Å². The summed E-state index contributed by atoms with van der Waals surface area (Å²) < 4.78 is 34.3. The monoisotopic (exact) mass is 562 g/mol. The Balaban J connectivity index is 1.78. The van der Waals surface area contributed by atoms with Gasteiger partial charge in [0.25, 0.3) is 0 Å². The first-order chi connectivity index (χ1) is 19.6. The maximum absolute atomic E-state index is 13.3. The SMILES string of the molecule is CCc1ccc2c(c1)c(=O)oc1c2ccc2c(OC)ccc([C@@H]3O[C@H](COC(C)=O)[C@@H](OC(C)=O)[C@H]3OC(C)=O)c21. The van der Waals surface area contributed by atoms with Crippen molar-refractivity contribution < 1.29 is 42.5 Å². The lowest BCUT2D eigenvalue weighted by Crippen LogP contribution is -2.40. The maximum Gasteiger partial charge on any atom is 0.344 e. The lowest BCUT2D eigenvalue weighted by Gasteiger charge is -2.24. The molecule has 5 rings (SSSR count). The number of hydrogen-bond acceptors (Lipinski definition) is 10. The van der Waals surface area contributed by atoms with Gasteiger partial charge in [0.05, 0.1) is 12.5 Å². The summed E-state index contributed by atoms with van der Waals surface area (Å²) in [7, 11) is 1.53. The van der Waals surface area contributed by atoms with Gasteiger partial charge < -0.3 is 28.1 Å². The third kappa shape index (κ3) is 5.22. The predicted molar refractivity (Wildman–Crippen MR) is 149 cm³/mol. The van der Waals surface area contributed by atoms with Gasteiger partial charge in [-0.3, -0.25) is 14.4 Å². The molecule has 0 amide bonds. The predicted octanol–water partition coefficient (Wildman–Crippen LogP) is 4.54. The topological polar surface area (TPSA) is 128 Å². The molecule has 0 aliphatic carbocycles. The fourth-order valence-corrected chi connectivity index (χ4v) is 5.48. The number of carbonyl (C=O) groups is 3. The Morgan fingerprint density at radius 2 is 1.51 bits per heavy atom. The Labute approximate surface area is 235 Å². The summed E-state index contributed by atoms with van der Waals surface area (Å²) in [6.45, 7) is 5.47. The molecule has 1 fully saturated rings. The molecule has 214 valence electrons. The van der Waals surface area contributed by atoms with Crippen LogP contribution in [-0.4, -0.2) is 49.9 Å². The smallest absolute Gasteiger partial charge is 0.344 e. The maximum atomic E-state index is 13.3. The molecule has 2 heterocycles. The molecule has 10 heteroatoms. The zero-order chi connectivity index (χ0) is 29.4. The van der Waals surface area contributed by atoms with Crippen molar-refractivity contribution in [2.75, 3.05) is 13.7 Å². The van der Waals surface area contributed by atoms with Crippen LogP contribution in [0.25, 0.3) is 32.5 Å². The minimum atomic E-state index is -1.09. The number of fused-ring (bicyclic) bond motifs is 5. The normalized spacial score (nSPS) is 20.3. The molecule has 3 aromatic carbocycles. The number of methoxy groups -OCH3 is 1. The van der Waals surface area contributed by atoms with E-state index in [1.54, 1.807) is 12.1 Å². The second kappa shape index (κ2) is 11.2. The number of rotatable bonds is 7. The third-order valence-corrected chi connectivity index (χ3v) is 7.21. The van der Waals surface area contributed by atoms with Crippen molar-refractivity contribution in [1.29, 1.82) is 0 Å². The van der Waals surface area contributed by atoms with E-state index in [2.05, 4.69) is 0 Å². The molecule has 0 unspecified atom stereocenters. The van der Waals surface area contributed by atoms with Crippen LogP contribution < -0.4 is 10.4 Å². The van der Waals surface area contributed by atoms with Crippen molar-refractivity contribution in [3.63, 3.8) is 0 Å². The molecule has 0 saturated carbocycles. The van der Waals surface area contributed by atoms with Crippen molar-refractivity contribution >= 4 is 50.4 Å². The molecular formula is C31H30O10. The van der Waals surface area contributed by atoms with Crippen molar-refractivity contribution in [3.8, 4) is 5.75 Å². The summed E-state index contributed by atoms with van der Waals surface area (Å²) in [6.07, 6.45) is -3.33. The highest BCUT2D eigenvalue weighted by Crippen LogP contribution is 2.44. The number of carbonyl (C=O) groups excluding carboxylic acids is 3. The van der Waals surface area contributed by atoms with Crippen LogP contribution in [0, 0.1) is 0 Å². The first kappa shape index (κ1) is 28.1. The molecule has 10 nitrogen and oxygen atoms in total. The number of hydrogen-bond donors (Lipinski definition) is 0. The highest BCUT2D eigenvalue weighted by molar-refractivity contribution is 6.16. The first-order valence-corrected chi connectivity index (χ1v) is 13.2. The van der Waals surface area contributed by atoms with Crippen LogP contribution in [0.15, 0.2) is 51.7 Å². The van der Waals surface area contributed by atoms with Crippen LogP contribution in [0.5, 0.6) is 5.75 Å². The van der Waals surface area contributed by atoms with Gasteiger partial charge in [-0.25, -0.2) is 4.79 Å². The molecule has 0 N–H and O–H groups in total. The van der Waals surface area contributed by atoms with Crippen molar-refractivity contribution in [2.45, 2.75) is 58.5 Å². The largest absolute Gasteiger partial charge is 0.496 e. The number of benzene rings is 3. The summed E-state index contributed by atoms with van der Waals surface area (Å²) in [6, 6.07) is 12.9. The van der Waals surface area contributed by atoms with Gasteiger partial charge in [-0.1, -0.05) is 25.1 Å². The Bertz CT molecular complexity index is 1740. The Morgan fingerprint density at radius 1 is 0.829 bits per heavy atom. The van der Waals surface area contributed by atoms with Crippen molar-refractivity contribution in [3.05, 3.63) is 64.0 Å². The Morgan fingerprint density at radius 3 is 2.17 bits per heavy atom. The summed E-state index contributed by atoms with van der Waals surface area (Å²) in [5.74, 6) is -1.29. The molecular weight excluding hydrogens is 532 g/mol. The molecule has 0 radical (unpaired) electrons. The van der Waals surface area contributed by atoms with Crippen LogP contribution in [0.1, 0.15) is 44.9 Å². The second-order valence-corrected chi connectivity index (χ2v) is 9.89. The van der Waals surface area contributed by atoms with Gasteiger partial charge >= 0.3 is 23.5 Å². The summed E-state index contributed by atoms with van der Waals surface area (Å²) in [5, 5.41) is 3.02. The minimum absolute atomic E-state index is 0.240. The quantitative estimate of drug-likeness (QED) is 0.137. The highest BCUT2D eigenvalue weighted by atomic mass is 16.6. The van der Waals surface area contributed by atoms with E-state index in [9.17, 15) is 19.2 Å². The van der Waals surface area contributed by atoms with Crippen LogP contribution in [0.3, 0.4) is 0 Å². The number of aryl methyl sites for hydroxylation is 1. The molecule has 1 aliphatic heterocycles. The summed E-state index contributed by atoms with van der Waals surface area (Å²) in [4.78, 5) is 49.1. The molecule has 4 atom stereocenters. The molecule has 0 bridgehead atoms. The van der Waals surface area contributed by atoms with Gasteiger partial charge in [0, 0.05) is 36.9 Å². The van der Waals surface area contributed by atoms with E-state index in [4.69, 9.17) is 28.1 Å². The average Bonchev–Trinajstić information content (AvgIpc) is 3.26. The zero-order valence-corrected chi connectivity index (χ0v) is 23.3. The third-order valence-electron chi connectivity index (χ3n) is 7.21. The van der Waals surface area contributed by atoms with Crippen LogP contribution in [-0.2, 0) is 39.8 Å². The van der Waals surface area contributed by atoms with E-state index in [1.807, 2.05) is 37.3 Å². The fourth-order valence-electron chi connectivity index (χ4n) is 5.48. The van der Waals surface area contributed by atoms with Gasteiger partial charge in [0.2, 0.25) is 0 Å². The van der Waals surface area contributed by atoms with Gasteiger partial charge in [-0.05, 0) is 47.2 Å². The van der Waals surface area contributed by atoms with E-state index < -0.39 is 47.9 Å². The zero-order valence-electron chi connectivity index (χ0n) is 23.3. The van der Waals surface area contributed by atoms with Crippen molar-refractivity contribution in [2.24, 2.45) is 0 Å². The van der Waals surface area contributed by atoms with E-state index in [1.165, 1.54) is 27.9 Å². The van der Waals surface area contributed by atoms with Crippen LogP contribution >= 0.6 is 0 Å². The lowest BCUT2D eigenvalue weighted by atomic mass is 9.93. The molecule has 4 aromatic rings. The van der Waals surface area contributed by atoms with E-state index in [0.29, 0.717) is 38.4 Å². The van der Waals surface area contributed by atoms with E-state index in [0.717, 1.165) is 17.4 Å². The minimum Gasteiger partial charge on any atom is -0.496 e.